The molecule has 0 bridgehead atoms. The summed E-state index contributed by atoms with van der Waals surface area (Å²) in [7, 11) is 0. The van der Waals surface area contributed by atoms with Gasteiger partial charge in [-0.3, -0.25) is 9.59 Å². The van der Waals surface area contributed by atoms with Gasteiger partial charge in [-0.2, -0.15) is 0 Å². The van der Waals surface area contributed by atoms with Crippen LogP contribution in [-0.2, 0) is 6.54 Å². The summed E-state index contributed by atoms with van der Waals surface area (Å²) in [6, 6.07) is 6.50. The van der Waals surface area contributed by atoms with Crippen LogP contribution in [0, 0.1) is 0 Å². The van der Waals surface area contributed by atoms with Gasteiger partial charge >= 0.3 is 0 Å². The molecule has 1 aliphatic heterocycles. The van der Waals surface area contributed by atoms with Crippen LogP contribution in [0.15, 0.2) is 30.5 Å². The Kier molecular flexibility index (Phi) is 2.42. The van der Waals surface area contributed by atoms with Gasteiger partial charge in [0, 0.05) is 28.8 Å². The molecule has 2 aromatic carbocycles. The van der Waals surface area contributed by atoms with E-state index in [1.807, 2.05) is 0 Å². The van der Waals surface area contributed by atoms with E-state index in [9.17, 15) is 19.8 Å². The van der Waals surface area contributed by atoms with E-state index in [-0.39, 0.29) is 34.8 Å². The Hall–Kier alpha value is -3.08. The minimum atomic E-state index is -0.529. The van der Waals surface area contributed by atoms with Crippen molar-refractivity contribution in [1.29, 1.82) is 0 Å². The van der Waals surface area contributed by atoms with E-state index >= 15 is 0 Å². The molecule has 2 aliphatic rings. The van der Waals surface area contributed by atoms with E-state index in [1.54, 1.807) is 36.5 Å². The Morgan fingerprint density at radius 3 is 2.23 bits per heavy atom. The zero-order chi connectivity index (χ0) is 15.4. The highest BCUT2D eigenvalue weighted by Crippen LogP contribution is 2.44. The van der Waals surface area contributed by atoms with Crippen molar-refractivity contribution < 1.29 is 19.8 Å². The minimum absolute atomic E-state index is 0.119. The van der Waals surface area contributed by atoms with Crippen molar-refractivity contribution in [2.75, 3.05) is 0 Å². The number of carbonyl (C=O) groups is 2. The van der Waals surface area contributed by atoms with Crippen molar-refractivity contribution in [1.82, 2.24) is 5.32 Å². The molecule has 1 aliphatic carbocycles. The second-order valence-electron chi connectivity index (χ2n) is 5.26. The number of carbonyl (C=O) groups excluding carboxylic acids is 2. The molecule has 0 spiro atoms. The fourth-order valence-corrected chi connectivity index (χ4v) is 3.06. The number of aromatic hydroxyl groups is 2. The first-order valence-electron chi connectivity index (χ1n) is 6.80. The van der Waals surface area contributed by atoms with E-state index in [0.29, 0.717) is 16.7 Å². The lowest BCUT2D eigenvalue weighted by molar-refractivity contribution is 0.0976. The van der Waals surface area contributed by atoms with E-state index in [2.05, 4.69) is 5.32 Å². The normalized spacial score (nSPS) is 14.9. The van der Waals surface area contributed by atoms with Crippen LogP contribution in [0.25, 0.3) is 6.08 Å². The van der Waals surface area contributed by atoms with Gasteiger partial charge in [0.05, 0.1) is 5.56 Å². The van der Waals surface area contributed by atoms with Gasteiger partial charge in [-0.05, 0) is 17.8 Å². The van der Waals surface area contributed by atoms with E-state index in [4.69, 9.17) is 0 Å². The van der Waals surface area contributed by atoms with Crippen LogP contribution in [0.1, 0.15) is 43.0 Å². The average molecular weight is 293 g/mol. The zero-order valence-electron chi connectivity index (χ0n) is 11.4. The van der Waals surface area contributed by atoms with Crippen molar-refractivity contribution >= 4 is 17.6 Å². The number of phenolic OH excluding ortho intramolecular Hbond substituents is 2. The summed E-state index contributed by atoms with van der Waals surface area (Å²) in [5.74, 6) is -1.65. The van der Waals surface area contributed by atoms with Crippen molar-refractivity contribution in [2.24, 2.45) is 0 Å². The molecule has 2 aromatic rings. The van der Waals surface area contributed by atoms with Gasteiger partial charge < -0.3 is 15.5 Å². The Morgan fingerprint density at radius 2 is 1.55 bits per heavy atom. The average Bonchev–Trinajstić information content (AvgIpc) is 2.56. The number of phenols is 2. The fourth-order valence-electron chi connectivity index (χ4n) is 3.06. The molecule has 0 amide bonds. The van der Waals surface area contributed by atoms with Gasteiger partial charge in [0.25, 0.3) is 0 Å². The standard InChI is InChI=1S/C17H11NO4/c19-14-9-3-1-2-4-10(9)15(20)13-12(14)8-5-6-18-7-11(8)16(21)17(13)22/h1-6,18,21-22H,7H2. The third-order valence-corrected chi connectivity index (χ3v) is 4.11. The number of nitrogens with one attached hydrogen (secondary N) is 1. The molecule has 3 N–H and O–H groups in total. The smallest absolute Gasteiger partial charge is 0.198 e. The van der Waals surface area contributed by atoms with Crippen molar-refractivity contribution in [3.63, 3.8) is 0 Å². The third-order valence-electron chi connectivity index (χ3n) is 4.11. The largest absolute Gasteiger partial charge is 0.504 e. The summed E-state index contributed by atoms with van der Waals surface area (Å²) in [5.41, 5.74) is 1.50. The lowest BCUT2D eigenvalue weighted by Gasteiger charge is -2.25. The van der Waals surface area contributed by atoms with Crippen molar-refractivity contribution in [3.05, 3.63) is 63.8 Å². The summed E-state index contributed by atoms with van der Waals surface area (Å²) >= 11 is 0. The maximum Gasteiger partial charge on any atom is 0.198 e. The van der Waals surface area contributed by atoms with Crippen LogP contribution in [0.5, 0.6) is 11.5 Å². The van der Waals surface area contributed by atoms with E-state index in [0.717, 1.165) is 0 Å². The lowest BCUT2D eigenvalue weighted by Crippen LogP contribution is -2.24. The summed E-state index contributed by atoms with van der Waals surface area (Å²) in [5, 5.41) is 23.3. The number of hydrogen-bond donors (Lipinski definition) is 3. The number of rotatable bonds is 0. The number of fused-ring (bicyclic) bond motifs is 4. The molecule has 5 heteroatoms. The molecule has 1 heterocycles. The zero-order valence-corrected chi connectivity index (χ0v) is 11.4. The summed E-state index contributed by atoms with van der Waals surface area (Å²) in [4.78, 5) is 25.4. The Labute approximate surface area is 125 Å². The van der Waals surface area contributed by atoms with Crippen LogP contribution in [0.2, 0.25) is 0 Å². The maximum absolute atomic E-state index is 12.8. The summed E-state index contributed by atoms with van der Waals surface area (Å²) < 4.78 is 0. The highest BCUT2D eigenvalue weighted by molar-refractivity contribution is 6.30. The van der Waals surface area contributed by atoms with Gasteiger partial charge in [-0.1, -0.05) is 24.3 Å². The van der Waals surface area contributed by atoms with Crippen LogP contribution in [0.4, 0.5) is 0 Å². The van der Waals surface area contributed by atoms with Crippen LogP contribution in [0.3, 0.4) is 0 Å². The predicted molar refractivity (Wildman–Crippen MR) is 79.0 cm³/mol. The first-order valence-corrected chi connectivity index (χ1v) is 6.80. The minimum Gasteiger partial charge on any atom is -0.504 e. The molecule has 0 saturated heterocycles. The van der Waals surface area contributed by atoms with Crippen LogP contribution in [-0.4, -0.2) is 21.8 Å². The Bertz CT molecular complexity index is 896. The highest BCUT2D eigenvalue weighted by Gasteiger charge is 2.37. The molecule has 0 atom stereocenters. The van der Waals surface area contributed by atoms with Gasteiger partial charge in [0.15, 0.2) is 23.1 Å². The molecule has 0 unspecified atom stereocenters. The molecule has 0 fully saturated rings. The molecule has 22 heavy (non-hydrogen) atoms. The highest BCUT2D eigenvalue weighted by atomic mass is 16.3. The second kappa shape index (κ2) is 4.21. The Morgan fingerprint density at radius 1 is 0.909 bits per heavy atom. The molecule has 5 nitrogen and oxygen atoms in total. The topological polar surface area (TPSA) is 86.6 Å². The monoisotopic (exact) mass is 293 g/mol. The second-order valence-corrected chi connectivity index (χ2v) is 5.26. The quantitative estimate of drug-likeness (QED) is 0.551. The first-order chi connectivity index (χ1) is 10.6. The molecule has 0 saturated carbocycles. The number of hydrogen-bond acceptors (Lipinski definition) is 5. The van der Waals surface area contributed by atoms with E-state index in [1.165, 1.54) is 0 Å². The van der Waals surface area contributed by atoms with Gasteiger partial charge in [0.2, 0.25) is 0 Å². The van der Waals surface area contributed by atoms with Crippen LogP contribution >= 0.6 is 0 Å². The SMILES string of the molecule is O=C1c2ccccc2C(=O)c2c3c(c(O)c(O)c21)CNC=C3. The summed E-state index contributed by atoms with van der Waals surface area (Å²) in [6.45, 7) is 0.279. The molecular weight excluding hydrogens is 282 g/mol. The van der Waals surface area contributed by atoms with Crippen LogP contribution < -0.4 is 5.32 Å². The van der Waals surface area contributed by atoms with Gasteiger partial charge in [-0.25, -0.2) is 0 Å². The molecule has 0 radical (unpaired) electrons. The molecule has 108 valence electrons. The number of ketones is 2. The maximum atomic E-state index is 12.8. The van der Waals surface area contributed by atoms with E-state index < -0.39 is 11.5 Å². The predicted octanol–water partition coefficient (Wildman–Crippen LogP) is 1.95. The fraction of sp³-hybridized carbons (Fsp3) is 0.0588. The molecule has 0 aromatic heterocycles. The molecular formula is C17H11NO4. The third kappa shape index (κ3) is 1.42. The summed E-state index contributed by atoms with van der Waals surface area (Å²) in [6.07, 6.45) is 3.29. The van der Waals surface area contributed by atoms with Crippen molar-refractivity contribution in [2.45, 2.75) is 6.54 Å². The van der Waals surface area contributed by atoms with Gasteiger partial charge in [0.1, 0.15) is 0 Å². The Balaban J connectivity index is 2.14. The lowest BCUT2D eigenvalue weighted by atomic mass is 9.79. The first kappa shape index (κ1) is 12.6. The van der Waals surface area contributed by atoms with Gasteiger partial charge in [-0.15, -0.1) is 0 Å². The van der Waals surface area contributed by atoms with Crippen molar-refractivity contribution in [3.8, 4) is 11.5 Å². The molecule has 4 rings (SSSR count). The number of benzene rings is 2.